The SMILES string of the molecule is COC[C@H](C)NC(=O)CCc1cccs1. The van der Waals surface area contributed by atoms with Crippen LogP contribution in [0.15, 0.2) is 17.5 Å². The fourth-order valence-electron chi connectivity index (χ4n) is 1.33. The van der Waals surface area contributed by atoms with E-state index in [-0.39, 0.29) is 11.9 Å². The number of rotatable bonds is 6. The lowest BCUT2D eigenvalue weighted by molar-refractivity contribution is -0.122. The second-order valence-electron chi connectivity index (χ2n) is 3.50. The van der Waals surface area contributed by atoms with Crippen molar-refractivity contribution < 1.29 is 9.53 Å². The molecule has 0 saturated heterocycles. The van der Waals surface area contributed by atoms with Gasteiger partial charge in [0.15, 0.2) is 0 Å². The van der Waals surface area contributed by atoms with Gasteiger partial charge in [0.1, 0.15) is 0 Å². The number of aryl methyl sites for hydroxylation is 1. The van der Waals surface area contributed by atoms with Crippen LogP contribution in [0.1, 0.15) is 18.2 Å². The molecule has 0 aliphatic rings. The molecule has 3 nitrogen and oxygen atoms in total. The van der Waals surface area contributed by atoms with E-state index in [1.54, 1.807) is 18.4 Å². The predicted molar refractivity (Wildman–Crippen MR) is 62.1 cm³/mol. The van der Waals surface area contributed by atoms with Crippen LogP contribution in [-0.2, 0) is 16.0 Å². The molecule has 1 rings (SSSR count). The molecule has 1 aromatic heterocycles. The van der Waals surface area contributed by atoms with Gasteiger partial charge < -0.3 is 10.1 Å². The molecule has 1 N–H and O–H groups in total. The third-order valence-electron chi connectivity index (χ3n) is 2.00. The van der Waals surface area contributed by atoms with Crippen molar-refractivity contribution in [2.45, 2.75) is 25.8 Å². The fraction of sp³-hybridized carbons (Fsp3) is 0.545. The summed E-state index contributed by atoms with van der Waals surface area (Å²) in [7, 11) is 1.63. The summed E-state index contributed by atoms with van der Waals surface area (Å²) in [6.07, 6.45) is 1.37. The minimum absolute atomic E-state index is 0.0887. The maximum Gasteiger partial charge on any atom is 0.220 e. The van der Waals surface area contributed by atoms with E-state index in [4.69, 9.17) is 4.74 Å². The molecular formula is C11H17NO2S. The first-order chi connectivity index (χ1) is 7.22. The molecule has 0 fully saturated rings. The highest BCUT2D eigenvalue weighted by molar-refractivity contribution is 7.09. The molecule has 15 heavy (non-hydrogen) atoms. The Bertz CT molecular complexity index is 285. The van der Waals surface area contributed by atoms with Crippen molar-refractivity contribution in [3.8, 4) is 0 Å². The summed E-state index contributed by atoms with van der Waals surface area (Å²) in [5, 5.41) is 4.91. The zero-order valence-corrected chi connectivity index (χ0v) is 9.97. The summed E-state index contributed by atoms with van der Waals surface area (Å²) in [5.74, 6) is 0.0907. The molecule has 4 heteroatoms. The van der Waals surface area contributed by atoms with E-state index in [2.05, 4.69) is 11.4 Å². The van der Waals surface area contributed by atoms with Gasteiger partial charge in [-0.3, -0.25) is 4.79 Å². The van der Waals surface area contributed by atoms with E-state index in [0.29, 0.717) is 13.0 Å². The van der Waals surface area contributed by atoms with Crippen LogP contribution >= 0.6 is 11.3 Å². The molecule has 0 aliphatic carbocycles. The second-order valence-corrected chi connectivity index (χ2v) is 4.54. The summed E-state index contributed by atoms with van der Waals surface area (Å²) in [5.41, 5.74) is 0. The smallest absolute Gasteiger partial charge is 0.220 e. The number of ether oxygens (including phenoxy) is 1. The number of thiophene rings is 1. The monoisotopic (exact) mass is 227 g/mol. The van der Waals surface area contributed by atoms with Crippen LogP contribution in [0.5, 0.6) is 0 Å². The summed E-state index contributed by atoms with van der Waals surface area (Å²) >= 11 is 1.69. The van der Waals surface area contributed by atoms with Crippen LogP contribution in [0, 0.1) is 0 Å². The molecule has 0 saturated carbocycles. The second kappa shape index (κ2) is 6.58. The van der Waals surface area contributed by atoms with E-state index in [1.165, 1.54) is 4.88 Å². The lowest BCUT2D eigenvalue weighted by Gasteiger charge is -2.12. The summed E-state index contributed by atoms with van der Waals surface area (Å²) in [4.78, 5) is 12.7. The maximum absolute atomic E-state index is 11.5. The van der Waals surface area contributed by atoms with Gasteiger partial charge in [-0.15, -0.1) is 11.3 Å². The highest BCUT2D eigenvalue weighted by atomic mass is 32.1. The Morgan fingerprint density at radius 1 is 1.67 bits per heavy atom. The first-order valence-electron chi connectivity index (χ1n) is 5.03. The number of methoxy groups -OCH3 is 1. The quantitative estimate of drug-likeness (QED) is 0.805. The topological polar surface area (TPSA) is 38.3 Å². The number of hydrogen-bond donors (Lipinski definition) is 1. The number of amides is 1. The van der Waals surface area contributed by atoms with Gasteiger partial charge in [0.2, 0.25) is 5.91 Å². The highest BCUT2D eigenvalue weighted by Crippen LogP contribution is 2.10. The molecule has 0 unspecified atom stereocenters. The van der Waals surface area contributed by atoms with Crippen molar-refractivity contribution in [2.24, 2.45) is 0 Å². The minimum atomic E-state index is 0.0887. The molecule has 84 valence electrons. The molecule has 0 bridgehead atoms. The van der Waals surface area contributed by atoms with Crippen molar-refractivity contribution >= 4 is 17.2 Å². The number of hydrogen-bond acceptors (Lipinski definition) is 3. The van der Waals surface area contributed by atoms with Gasteiger partial charge in [-0.05, 0) is 24.8 Å². The van der Waals surface area contributed by atoms with Crippen molar-refractivity contribution in [3.05, 3.63) is 22.4 Å². The Morgan fingerprint density at radius 3 is 3.07 bits per heavy atom. The number of carbonyl (C=O) groups is 1. The van der Waals surface area contributed by atoms with Crippen LogP contribution in [-0.4, -0.2) is 25.7 Å². The average molecular weight is 227 g/mol. The predicted octanol–water partition coefficient (Wildman–Crippen LogP) is 1.83. The van der Waals surface area contributed by atoms with E-state index in [1.807, 2.05) is 18.4 Å². The molecule has 1 aromatic rings. The molecule has 1 amide bonds. The summed E-state index contributed by atoms with van der Waals surface area (Å²) in [6, 6.07) is 4.15. The van der Waals surface area contributed by atoms with Crippen LogP contribution in [0.4, 0.5) is 0 Å². The molecule has 0 spiro atoms. The van der Waals surface area contributed by atoms with Crippen LogP contribution in [0.2, 0.25) is 0 Å². The van der Waals surface area contributed by atoms with Crippen molar-refractivity contribution in [1.29, 1.82) is 0 Å². The number of nitrogens with one attached hydrogen (secondary N) is 1. The van der Waals surface area contributed by atoms with E-state index < -0.39 is 0 Å². The highest BCUT2D eigenvalue weighted by Gasteiger charge is 2.07. The first-order valence-corrected chi connectivity index (χ1v) is 5.91. The molecule has 0 aromatic carbocycles. The zero-order valence-electron chi connectivity index (χ0n) is 9.16. The average Bonchev–Trinajstić information content (AvgIpc) is 2.67. The molecular weight excluding hydrogens is 210 g/mol. The Kier molecular flexibility index (Phi) is 5.36. The maximum atomic E-state index is 11.5. The van der Waals surface area contributed by atoms with Gasteiger partial charge >= 0.3 is 0 Å². The van der Waals surface area contributed by atoms with Crippen molar-refractivity contribution in [2.75, 3.05) is 13.7 Å². The van der Waals surface area contributed by atoms with Crippen LogP contribution in [0.3, 0.4) is 0 Å². The third-order valence-corrected chi connectivity index (χ3v) is 2.94. The standard InChI is InChI=1S/C11H17NO2S/c1-9(8-14-2)12-11(13)6-5-10-4-3-7-15-10/h3-4,7,9H,5-6,8H2,1-2H3,(H,12,13)/t9-/m0/s1. The van der Waals surface area contributed by atoms with Gasteiger partial charge in [0, 0.05) is 24.4 Å². The van der Waals surface area contributed by atoms with Crippen molar-refractivity contribution in [3.63, 3.8) is 0 Å². The van der Waals surface area contributed by atoms with Gasteiger partial charge in [0.25, 0.3) is 0 Å². The largest absolute Gasteiger partial charge is 0.383 e. The van der Waals surface area contributed by atoms with Crippen LogP contribution < -0.4 is 5.32 Å². The fourth-order valence-corrected chi connectivity index (χ4v) is 2.04. The lowest BCUT2D eigenvalue weighted by atomic mass is 10.2. The Morgan fingerprint density at radius 2 is 2.47 bits per heavy atom. The van der Waals surface area contributed by atoms with Crippen molar-refractivity contribution in [1.82, 2.24) is 5.32 Å². The third kappa shape index (κ3) is 4.95. The lowest BCUT2D eigenvalue weighted by Crippen LogP contribution is -2.35. The number of carbonyl (C=O) groups excluding carboxylic acids is 1. The van der Waals surface area contributed by atoms with E-state index >= 15 is 0 Å². The summed E-state index contributed by atoms with van der Waals surface area (Å²) in [6.45, 7) is 2.50. The molecule has 0 aliphatic heterocycles. The first kappa shape index (κ1) is 12.2. The molecule has 0 radical (unpaired) electrons. The van der Waals surface area contributed by atoms with E-state index in [9.17, 15) is 4.79 Å². The van der Waals surface area contributed by atoms with Gasteiger partial charge in [-0.2, -0.15) is 0 Å². The Balaban J connectivity index is 2.19. The summed E-state index contributed by atoms with van der Waals surface area (Å²) < 4.78 is 4.94. The van der Waals surface area contributed by atoms with Crippen LogP contribution in [0.25, 0.3) is 0 Å². The Hall–Kier alpha value is -0.870. The van der Waals surface area contributed by atoms with Gasteiger partial charge in [-0.25, -0.2) is 0 Å². The van der Waals surface area contributed by atoms with Gasteiger partial charge in [0.05, 0.1) is 6.61 Å². The van der Waals surface area contributed by atoms with Gasteiger partial charge in [-0.1, -0.05) is 6.07 Å². The molecule has 1 atom stereocenters. The minimum Gasteiger partial charge on any atom is -0.383 e. The zero-order chi connectivity index (χ0) is 11.1. The molecule has 1 heterocycles. The Labute approximate surface area is 94.5 Å². The van der Waals surface area contributed by atoms with E-state index in [0.717, 1.165) is 6.42 Å². The normalized spacial score (nSPS) is 12.4.